The molecule has 0 fully saturated rings. The van der Waals surface area contributed by atoms with Crippen LogP contribution in [0.25, 0.3) is 16.6 Å². The van der Waals surface area contributed by atoms with Crippen LogP contribution in [-0.4, -0.2) is 21.7 Å². The number of rotatable bonds is 4. The van der Waals surface area contributed by atoms with Gasteiger partial charge in [0, 0.05) is 33.0 Å². The highest BCUT2D eigenvalue weighted by Crippen LogP contribution is 2.21. The quantitative estimate of drug-likeness (QED) is 0.359. The highest BCUT2D eigenvalue weighted by molar-refractivity contribution is 6.30. The van der Waals surface area contributed by atoms with Gasteiger partial charge < -0.3 is 4.57 Å². The number of carbonyl (C=O) groups is 1. The lowest BCUT2D eigenvalue weighted by Gasteiger charge is -2.09. The molecular weight excluding hydrogens is 396 g/mol. The highest BCUT2D eigenvalue weighted by Gasteiger charge is 2.12. The SMILES string of the molecule is Cc1nc2ccccc2cc1C(=O)NN=Cc1cc(C)n(-c2ccc(Cl)cc2)c1C. The van der Waals surface area contributed by atoms with Crippen molar-refractivity contribution in [3.63, 3.8) is 0 Å². The van der Waals surface area contributed by atoms with E-state index in [9.17, 15) is 4.79 Å². The van der Waals surface area contributed by atoms with Crippen molar-refractivity contribution in [1.29, 1.82) is 0 Å². The zero-order valence-corrected chi connectivity index (χ0v) is 17.7. The molecule has 1 N–H and O–H groups in total. The number of aryl methyl sites for hydroxylation is 2. The number of hydrazone groups is 1. The number of amides is 1. The summed E-state index contributed by atoms with van der Waals surface area (Å²) in [5.41, 5.74) is 8.71. The summed E-state index contributed by atoms with van der Waals surface area (Å²) < 4.78 is 2.12. The minimum Gasteiger partial charge on any atom is -0.318 e. The Kier molecular flexibility index (Phi) is 5.38. The largest absolute Gasteiger partial charge is 0.318 e. The molecule has 0 bridgehead atoms. The first-order valence-electron chi connectivity index (χ1n) is 9.59. The second kappa shape index (κ2) is 8.13. The van der Waals surface area contributed by atoms with Gasteiger partial charge in [-0.1, -0.05) is 29.8 Å². The van der Waals surface area contributed by atoms with Crippen LogP contribution in [0, 0.1) is 20.8 Å². The molecular formula is C24H21ClN4O. The summed E-state index contributed by atoms with van der Waals surface area (Å²) in [6.07, 6.45) is 1.66. The first-order chi connectivity index (χ1) is 14.4. The maximum atomic E-state index is 12.6. The average molecular weight is 417 g/mol. The lowest BCUT2D eigenvalue weighted by molar-refractivity contribution is 0.0954. The maximum absolute atomic E-state index is 12.6. The van der Waals surface area contributed by atoms with E-state index in [0.717, 1.165) is 33.5 Å². The van der Waals surface area contributed by atoms with Crippen LogP contribution in [0.5, 0.6) is 0 Å². The van der Waals surface area contributed by atoms with E-state index in [4.69, 9.17) is 11.6 Å². The predicted molar refractivity (Wildman–Crippen MR) is 122 cm³/mol. The topological polar surface area (TPSA) is 59.3 Å². The molecule has 0 aliphatic rings. The fourth-order valence-electron chi connectivity index (χ4n) is 3.57. The minimum atomic E-state index is -0.284. The molecule has 0 saturated carbocycles. The molecule has 1 amide bonds. The number of halogens is 1. The van der Waals surface area contributed by atoms with Gasteiger partial charge in [-0.2, -0.15) is 5.10 Å². The normalized spacial score (nSPS) is 11.3. The van der Waals surface area contributed by atoms with Gasteiger partial charge in [0.1, 0.15) is 0 Å². The fourth-order valence-corrected chi connectivity index (χ4v) is 3.69. The highest BCUT2D eigenvalue weighted by atomic mass is 35.5. The van der Waals surface area contributed by atoms with Gasteiger partial charge in [-0.25, -0.2) is 5.43 Å². The number of nitrogens with one attached hydrogen (secondary N) is 1. The van der Waals surface area contributed by atoms with Crippen molar-refractivity contribution < 1.29 is 4.79 Å². The summed E-state index contributed by atoms with van der Waals surface area (Å²) in [6, 6.07) is 19.3. The maximum Gasteiger partial charge on any atom is 0.273 e. The van der Waals surface area contributed by atoms with Crippen LogP contribution >= 0.6 is 11.6 Å². The Balaban J connectivity index is 1.55. The Morgan fingerprint density at radius 3 is 2.57 bits per heavy atom. The number of pyridine rings is 1. The zero-order chi connectivity index (χ0) is 21.3. The number of fused-ring (bicyclic) bond motifs is 1. The van der Waals surface area contributed by atoms with Crippen molar-refractivity contribution in [1.82, 2.24) is 15.0 Å². The van der Waals surface area contributed by atoms with Gasteiger partial charge in [-0.05, 0) is 63.2 Å². The molecule has 150 valence electrons. The van der Waals surface area contributed by atoms with Crippen molar-refractivity contribution in [2.45, 2.75) is 20.8 Å². The van der Waals surface area contributed by atoms with Crippen LogP contribution in [0.15, 0.2) is 65.8 Å². The number of aromatic nitrogens is 2. The van der Waals surface area contributed by atoms with Crippen LogP contribution in [0.3, 0.4) is 0 Å². The van der Waals surface area contributed by atoms with Crippen molar-refractivity contribution in [2.75, 3.05) is 0 Å². The second-order valence-electron chi connectivity index (χ2n) is 7.15. The molecule has 2 heterocycles. The molecule has 0 saturated heterocycles. The van der Waals surface area contributed by atoms with Gasteiger partial charge in [0.15, 0.2) is 0 Å². The molecule has 4 rings (SSSR count). The zero-order valence-electron chi connectivity index (χ0n) is 17.0. The second-order valence-corrected chi connectivity index (χ2v) is 7.59. The first-order valence-corrected chi connectivity index (χ1v) is 9.96. The molecule has 0 radical (unpaired) electrons. The monoisotopic (exact) mass is 416 g/mol. The van der Waals surface area contributed by atoms with E-state index in [0.29, 0.717) is 16.3 Å². The van der Waals surface area contributed by atoms with Gasteiger partial charge in [0.05, 0.1) is 23.0 Å². The van der Waals surface area contributed by atoms with Gasteiger partial charge >= 0.3 is 0 Å². The molecule has 5 nitrogen and oxygen atoms in total. The predicted octanol–water partition coefficient (Wildman–Crippen LogP) is 5.37. The number of para-hydroxylation sites is 1. The van der Waals surface area contributed by atoms with Crippen LogP contribution < -0.4 is 5.43 Å². The van der Waals surface area contributed by atoms with E-state index in [-0.39, 0.29) is 5.91 Å². The number of hydrogen-bond acceptors (Lipinski definition) is 3. The Labute approximate surface area is 180 Å². The van der Waals surface area contributed by atoms with Crippen molar-refractivity contribution >= 4 is 34.6 Å². The van der Waals surface area contributed by atoms with Gasteiger partial charge in [-0.15, -0.1) is 0 Å². The van der Waals surface area contributed by atoms with E-state index in [1.54, 1.807) is 6.21 Å². The Morgan fingerprint density at radius 1 is 1.07 bits per heavy atom. The third-order valence-corrected chi connectivity index (χ3v) is 5.34. The van der Waals surface area contributed by atoms with Crippen LogP contribution in [-0.2, 0) is 0 Å². The van der Waals surface area contributed by atoms with Crippen molar-refractivity contribution in [3.8, 4) is 5.69 Å². The molecule has 0 aliphatic carbocycles. The minimum absolute atomic E-state index is 0.284. The van der Waals surface area contributed by atoms with E-state index in [1.165, 1.54) is 0 Å². The van der Waals surface area contributed by atoms with Crippen molar-refractivity contribution in [3.05, 3.63) is 93.9 Å². The summed E-state index contributed by atoms with van der Waals surface area (Å²) in [4.78, 5) is 17.1. The van der Waals surface area contributed by atoms with E-state index in [2.05, 4.69) is 20.1 Å². The Morgan fingerprint density at radius 2 is 1.80 bits per heavy atom. The van der Waals surface area contributed by atoms with Gasteiger partial charge in [-0.3, -0.25) is 9.78 Å². The fraction of sp³-hybridized carbons (Fsp3) is 0.125. The summed E-state index contributed by atoms with van der Waals surface area (Å²) in [5.74, 6) is -0.284. The summed E-state index contributed by atoms with van der Waals surface area (Å²) in [7, 11) is 0. The molecule has 30 heavy (non-hydrogen) atoms. The third kappa shape index (κ3) is 3.84. The number of hydrogen-bond donors (Lipinski definition) is 1. The molecule has 0 spiro atoms. The molecule has 0 aliphatic heterocycles. The molecule has 2 aromatic heterocycles. The van der Waals surface area contributed by atoms with E-state index >= 15 is 0 Å². The third-order valence-electron chi connectivity index (χ3n) is 5.08. The molecule has 6 heteroatoms. The number of carbonyl (C=O) groups excluding carboxylic acids is 1. The van der Waals surface area contributed by atoms with E-state index in [1.807, 2.05) is 81.4 Å². The summed E-state index contributed by atoms with van der Waals surface area (Å²) in [6.45, 7) is 5.87. The molecule has 4 aromatic rings. The molecule has 0 atom stereocenters. The van der Waals surface area contributed by atoms with E-state index < -0.39 is 0 Å². The number of nitrogens with zero attached hydrogens (tertiary/aromatic N) is 3. The van der Waals surface area contributed by atoms with Crippen LogP contribution in [0.1, 0.15) is 33.0 Å². The Hall–Kier alpha value is -3.44. The molecule has 0 unspecified atom stereocenters. The van der Waals surface area contributed by atoms with Crippen LogP contribution in [0.4, 0.5) is 0 Å². The number of benzene rings is 2. The lowest BCUT2D eigenvalue weighted by Crippen LogP contribution is -2.19. The first kappa shape index (κ1) is 19.9. The van der Waals surface area contributed by atoms with Gasteiger partial charge in [0.2, 0.25) is 0 Å². The standard InChI is InChI=1S/C24H21ClN4O/c1-15-12-19(17(3)29(15)21-10-8-20(25)9-11-21)14-26-28-24(30)22-13-18-6-4-5-7-23(18)27-16(22)2/h4-14H,1-3H3,(H,28,30). The van der Waals surface area contributed by atoms with Gasteiger partial charge in [0.25, 0.3) is 5.91 Å². The average Bonchev–Trinajstić information content (AvgIpc) is 3.01. The molecule has 2 aromatic carbocycles. The Bertz CT molecular complexity index is 1270. The lowest BCUT2D eigenvalue weighted by atomic mass is 10.1. The smallest absolute Gasteiger partial charge is 0.273 e. The summed E-state index contributed by atoms with van der Waals surface area (Å²) >= 11 is 6.00. The summed E-state index contributed by atoms with van der Waals surface area (Å²) in [5, 5.41) is 5.79. The van der Waals surface area contributed by atoms with Crippen LogP contribution in [0.2, 0.25) is 5.02 Å². The van der Waals surface area contributed by atoms with Crippen molar-refractivity contribution in [2.24, 2.45) is 5.10 Å².